The van der Waals surface area contributed by atoms with Crippen molar-refractivity contribution in [1.82, 2.24) is 5.32 Å². The molecule has 3 rings (SSSR count). The molecule has 0 amide bonds. The molecule has 0 spiro atoms. The van der Waals surface area contributed by atoms with Gasteiger partial charge in [-0.25, -0.2) is 0 Å². The minimum absolute atomic E-state index is 0.596. The summed E-state index contributed by atoms with van der Waals surface area (Å²) in [7, 11) is 0. The smallest absolute Gasteiger partial charge is 0.0348 e. The first-order valence-corrected chi connectivity index (χ1v) is 7.71. The van der Waals surface area contributed by atoms with Crippen molar-refractivity contribution in [2.24, 2.45) is 5.92 Å². The average Bonchev–Trinajstić information content (AvgIpc) is 2.25. The largest absolute Gasteiger partial charge is 0.310 e. The van der Waals surface area contributed by atoms with Crippen molar-refractivity contribution in [1.29, 1.82) is 0 Å². The van der Waals surface area contributed by atoms with Gasteiger partial charge in [0.25, 0.3) is 0 Å². The van der Waals surface area contributed by atoms with Crippen molar-refractivity contribution in [3.8, 4) is 0 Å². The molecular weight excluding hydrogens is 218 g/mol. The van der Waals surface area contributed by atoms with Gasteiger partial charge in [0.2, 0.25) is 0 Å². The quantitative estimate of drug-likeness (QED) is 0.808. The summed E-state index contributed by atoms with van der Waals surface area (Å²) in [5.41, 5.74) is 3.07. The second-order valence-electron chi connectivity index (χ2n) is 6.02. The molecule has 0 aliphatic heterocycles. The van der Waals surface area contributed by atoms with Crippen LogP contribution in [-0.4, -0.2) is 6.54 Å². The third-order valence-electron chi connectivity index (χ3n) is 4.92. The standard InChI is InChI=1S/C17H25N/c1-2-18-17(15-7-4-8-15)16-11-9-14(10-12-16)13-5-3-6-13/h9-13,15,17-18H,2-8H2,1H3. The van der Waals surface area contributed by atoms with Crippen molar-refractivity contribution in [2.75, 3.05) is 6.54 Å². The Labute approximate surface area is 111 Å². The molecule has 2 saturated carbocycles. The van der Waals surface area contributed by atoms with Gasteiger partial charge >= 0.3 is 0 Å². The van der Waals surface area contributed by atoms with Crippen LogP contribution in [0.5, 0.6) is 0 Å². The Bertz CT molecular complexity index is 373. The van der Waals surface area contributed by atoms with Gasteiger partial charge in [0.1, 0.15) is 0 Å². The summed E-state index contributed by atoms with van der Waals surface area (Å²) in [5, 5.41) is 3.68. The van der Waals surface area contributed by atoms with E-state index in [1.165, 1.54) is 44.1 Å². The van der Waals surface area contributed by atoms with Crippen LogP contribution in [0.1, 0.15) is 68.5 Å². The van der Waals surface area contributed by atoms with Crippen LogP contribution in [0.15, 0.2) is 24.3 Å². The molecule has 2 fully saturated rings. The van der Waals surface area contributed by atoms with E-state index in [1.807, 2.05) is 0 Å². The van der Waals surface area contributed by atoms with Gasteiger partial charge < -0.3 is 5.32 Å². The fourth-order valence-electron chi connectivity index (χ4n) is 3.27. The lowest BCUT2D eigenvalue weighted by Crippen LogP contribution is -2.32. The van der Waals surface area contributed by atoms with Gasteiger partial charge in [-0.05, 0) is 55.2 Å². The van der Waals surface area contributed by atoms with Crippen LogP contribution in [0.2, 0.25) is 0 Å². The zero-order valence-electron chi connectivity index (χ0n) is 11.5. The maximum Gasteiger partial charge on any atom is 0.0348 e. The van der Waals surface area contributed by atoms with Crippen molar-refractivity contribution < 1.29 is 0 Å². The summed E-state index contributed by atoms with van der Waals surface area (Å²) in [4.78, 5) is 0. The van der Waals surface area contributed by atoms with Crippen LogP contribution in [0.4, 0.5) is 0 Å². The van der Waals surface area contributed by atoms with Gasteiger partial charge in [0.15, 0.2) is 0 Å². The highest BCUT2D eigenvalue weighted by Gasteiger charge is 2.28. The molecule has 0 saturated heterocycles. The molecule has 1 nitrogen and oxygen atoms in total. The van der Waals surface area contributed by atoms with Gasteiger partial charge in [-0.15, -0.1) is 0 Å². The fraction of sp³-hybridized carbons (Fsp3) is 0.647. The van der Waals surface area contributed by atoms with Crippen LogP contribution in [0.3, 0.4) is 0 Å². The van der Waals surface area contributed by atoms with Crippen molar-refractivity contribution >= 4 is 0 Å². The van der Waals surface area contributed by atoms with Crippen LogP contribution in [0.25, 0.3) is 0 Å². The zero-order chi connectivity index (χ0) is 12.4. The zero-order valence-corrected chi connectivity index (χ0v) is 11.5. The number of hydrogen-bond acceptors (Lipinski definition) is 1. The van der Waals surface area contributed by atoms with E-state index < -0.39 is 0 Å². The molecule has 0 aromatic heterocycles. The first-order valence-electron chi connectivity index (χ1n) is 7.71. The van der Waals surface area contributed by atoms with Crippen molar-refractivity contribution in [3.05, 3.63) is 35.4 Å². The number of rotatable bonds is 5. The van der Waals surface area contributed by atoms with Gasteiger partial charge in [-0.2, -0.15) is 0 Å². The summed E-state index contributed by atoms with van der Waals surface area (Å²) in [6, 6.07) is 10.1. The average molecular weight is 243 g/mol. The fourth-order valence-corrected chi connectivity index (χ4v) is 3.27. The summed E-state index contributed by atoms with van der Waals surface area (Å²) < 4.78 is 0. The number of hydrogen-bond donors (Lipinski definition) is 1. The van der Waals surface area contributed by atoms with E-state index >= 15 is 0 Å². The third-order valence-corrected chi connectivity index (χ3v) is 4.92. The number of nitrogens with one attached hydrogen (secondary N) is 1. The Morgan fingerprint density at radius 1 is 1.06 bits per heavy atom. The van der Waals surface area contributed by atoms with E-state index in [9.17, 15) is 0 Å². The maximum atomic E-state index is 3.68. The summed E-state index contributed by atoms with van der Waals surface area (Å²) >= 11 is 0. The van der Waals surface area contributed by atoms with Crippen LogP contribution in [-0.2, 0) is 0 Å². The Morgan fingerprint density at radius 3 is 2.17 bits per heavy atom. The predicted molar refractivity (Wildman–Crippen MR) is 76.8 cm³/mol. The molecular formula is C17H25N. The minimum Gasteiger partial charge on any atom is -0.310 e. The van der Waals surface area contributed by atoms with Gasteiger partial charge in [0, 0.05) is 6.04 Å². The Balaban J connectivity index is 1.72. The van der Waals surface area contributed by atoms with E-state index in [-0.39, 0.29) is 0 Å². The molecule has 2 aliphatic rings. The lowest BCUT2D eigenvalue weighted by Gasteiger charge is -2.35. The molecule has 0 heterocycles. The van der Waals surface area contributed by atoms with Gasteiger partial charge in [-0.1, -0.05) is 44.0 Å². The lowest BCUT2D eigenvalue weighted by atomic mass is 9.76. The highest BCUT2D eigenvalue weighted by Crippen LogP contribution is 2.39. The predicted octanol–water partition coefficient (Wildman–Crippen LogP) is 4.40. The SMILES string of the molecule is CCNC(c1ccc(C2CCC2)cc1)C1CCC1. The van der Waals surface area contributed by atoms with Gasteiger partial charge in [-0.3, -0.25) is 0 Å². The van der Waals surface area contributed by atoms with E-state index in [1.54, 1.807) is 5.56 Å². The monoisotopic (exact) mass is 243 g/mol. The molecule has 2 aliphatic carbocycles. The molecule has 0 bridgehead atoms. The molecule has 1 heteroatoms. The normalized spacial score (nSPS) is 22.3. The highest BCUT2D eigenvalue weighted by molar-refractivity contribution is 5.29. The number of benzene rings is 1. The van der Waals surface area contributed by atoms with Crippen LogP contribution < -0.4 is 5.32 Å². The Kier molecular flexibility index (Phi) is 3.69. The Hall–Kier alpha value is -0.820. The molecule has 0 radical (unpaired) electrons. The van der Waals surface area contributed by atoms with Gasteiger partial charge in [0.05, 0.1) is 0 Å². The third kappa shape index (κ3) is 2.33. The molecule has 1 N–H and O–H groups in total. The van der Waals surface area contributed by atoms with Crippen molar-refractivity contribution in [2.45, 2.75) is 57.4 Å². The Morgan fingerprint density at radius 2 is 1.72 bits per heavy atom. The second kappa shape index (κ2) is 5.44. The summed E-state index contributed by atoms with van der Waals surface area (Å²) in [6.45, 7) is 3.29. The topological polar surface area (TPSA) is 12.0 Å². The van der Waals surface area contributed by atoms with E-state index in [2.05, 4.69) is 36.5 Å². The van der Waals surface area contributed by atoms with Crippen molar-refractivity contribution in [3.63, 3.8) is 0 Å². The molecule has 98 valence electrons. The first-order chi connectivity index (χ1) is 8.88. The molecule has 1 aromatic carbocycles. The van der Waals surface area contributed by atoms with E-state index in [0.29, 0.717) is 6.04 Å². The molecule has 1 unspecified atom stereocenters. The lowest BCUT2D eigenvalue weighted by molar-refractivity contribution is 0.233. The second-order valence-corrected chi connectivity index (χ2v) is 6.02. The molecule has 1 aromatic rings. The summed E-state index contributed by atoms with van der Waals surface area (Å²) in [6.07, 6.45) is 8.46. The van der Waals surface area contributed by atoms with Crippen LogP contribution >= 0.6 is 0 Å². The molecule has 18 heavy (non-hydrogen) atoms. The van der Waals surface area contributed by atoms with Crippen LogP contribution in [0, 0.1) is 5.92 Å². The minimum atomic E-state index is 0.596. The maximum absolute atomic E-state index is 3.68. The summed E-state index contributed by atoms with van der Waals surface area (Å²) in [5.74, 6) is 1.74. The first kappa shape index (κ1) is 12.2. The highest BCUT2D eigenvalue weighted by atomic mass is 14.9. The van der Waals surface area contributed by atoms with E-state index in [4.69, 9.17) is 0 Å². The van der Waals surface area contributed by atoms with E-state index in [0.717, 1.165) is 18.4 Å². The molecule has 1 atom stereocenters.